The first-order valence-electron chi connectivity index (χ1n) is 39.6. The number of quaternary nitrogens is 1. The van der Waals surface area contributed by atoms with Crippen LogP contribution in [0.5, 0.6) is 0 Å². The number of hydrogen-bond donors (Lipinski definition) is 3. The number of carbonyl (C=O) groups is 1. The summed E-state index contributed by atoms with van der Waals surface area (Å²) in [5.41, 5.74) is 0. The first-order chi connectivity index (χ1) is 45.0. The van der Waals surface area contributed by atoms with Gasteiger partial charge in [-0.15, -0.1) is 0 Å². The number of allylic oxidation sites excluding steroid dienone is 16. The third kappa shape index (κ3) is 74.8. The van der Waals surface area contributed by atoms with Crippen LogP contribution in [0.15, 0.2) is 97.2 Å². The number of carbonyl (C=O) groups excluding carboxylic acids is 1. The molecule has 1 amide bonds. The molecule has 92 heavy (non-hydrogen) atoms. The zero-order valence-electron chi connectivity index (χ0n) is 61.5. The highest BCUT2D eigenvalue weighted by atomic mass is 31.2. The standard InChI is InChI=1S/C83H153N2O6P/c1-6-8-10-12-14-16-18-20-22-24-26-28-30-32-34-36-38-39-40-41-42-43-44-45-47-49-51-53-55-57-59-61-63-65-67-69-71-73-75-77-83(87)84-81(80-91-92(88,89)90-79-78-85(3,4)5)82(86)76-74-72-70-68-66-64-62-60-58-56-54-52-50-48-46-37-35-33-31-29-27-25-23-21-19-17-15-13-11-9-7-2/h8,10,14,16,20,22,26,28,32,34,38-39,41-42,44-45,81-82,86H,6-7,9,11-13,15,17-19,21,23-25,27,29-31,33,35-37,40,43,46-80H2,1-5H3,(H-,84,87,88,89)/p+1/b10-8-,16-14-,22-20-,28-26-,34-32-,39-38-,42-41-,45-44-. The van der Waals surface area contributed by atoms with Crippen LogP contribution >= 0.6 is 7.82 Å². The summed E-state index contributed by atoms with van der Waals surface area (Å²) in [5, 5.41) is 14.2. The number of nitrogens with zero attached hydrogens (tertiary/aromatic N) is 1. The van der Waals surface area contributed by atoms with Crippen molar-refractivity contribution >= 4 is 13.7 Å². The summed E-state index contributed by atoms with van der Waals surface area (Å²) in [6.07, 6.45) is 105. The van der Waals surface area contributed by atoms with E-state index in [0.29, 0.717) is 23.9 Å². The molecular weight excluding hydrogens is 1150 g/mol. The Morgan fingerprint density at radius 1 is 0.380 bits per heavy atom. The van der Waals surface area contributed by atoms with Crippen LogP contribution in [-0.4, -0.2) is 73.4 Å². The Balaban J connectivity index is 3.99. The summed E-state index contributed by atoms with van der Waals surface area (Å²) < 4.78 is 24.0. The largest absolute Gasteiger partial charge is 0.472 e. The van der Waals surface area contributed by atoms with Gasteiger partial charge in [0.05, 0.1) is 39.9 Å². The van der Waals surface area contributed by atoms with E-state index in [1.165, 1.54) is 257 Å². The minimum absolute atomic E-state index is 0.0728. The molecular formula is C83H154N2O6P+. The number of nitrogens with one attached hydrogen (secondary N) is 1. The van der Waals surface area contributed by atoms with Crippen molar-refractivity contribution in [2.45, 2.75) is 386 Å². The van der Waals surface area contributed by atoms with Crippen LogP contribution < -0.4 is 5.32 Å². The van der Waals surface area contributed by atoms with Gasteiger partial charge in [0.15, 0.2) is 0 Å². The maximum atomic E-state index is 13.1. The second-order valence-electron chi connectivity index (χ2n) is 28.1. The van der Waals surface area contributed by atoms with Gasteiger partial charge in [-0.05, 0) is 77.0 Å². The van der Waals surface area contributed by atoms with Gasteiger partial charge in [0, 0.05) is 6.42 Å². The average Bonchev–Trinajstić information content (AvgIpc) is 2.63. The summed E-state index contributed by atoms with van der Waals surface area (Å²) in [5.74, 6) is -0.142. The number of phosphoric acid groups is 1. The van der Waals surface area contributed by atoms with Crippen LogP contribution in [-0.2, 0) is 18.4 Å². The molecule has 9 heteroatoms. The van der Waals surface area contributed by atoms with Gasteiger partial charge in [-0.25, -0.2) is 4.57 Å². The van der Waals surface area contributed by atoms with Gasteiger partial charge in [0.1, 0.15) is 13.2 Å². The number of phosphoric ester groups is 1. The maximum absolute atomic E-state index is 13.1. The molecule has 0 fully saturated rings. The highest BCUT2D eigenvalue weighted by molar-refractivity contribution is 7.47. The maximum Gasteiger partial charge on any atom is 0.472 e. The lowest BCUT2D eigenvalue weighted by Crippen LogP contribution is -2.46. The number of likely N-dealkylation sites (N-methyl/N-ethyl adjacent to an activating group) is 1. The van der Waals surface area contributed by atoms with E-state index in [2.05, 4.69) is 116 Å². The van der Waals surface area contributed by atoms with Crippen LogP contribution in [0.1, 0.15) is 373 Å². The number of aliphatic hydroxyl groups is 1. The number of unbranched alkanes of at least 4 members (excludes halogenated alkanes) is 44. The molecule has 0 aliphatic carbocycles. The van der Waals surface area contributed by atoms with Crippen molar-refractivity contribution in [3.8, 4) is 0 Å². The zero-order valence-corrected chi connectivity index (χ0v) is 62.4. The Morgan fingerprint density at radius 3 is 0.957 bits per heavy atom. The summed E-state index contributed by atoms with van der Waals surface area (Å²) in [6, 6.07) is -0.768. The molecule has 0 spiro atoms. The van der Waals surface area contributed by atoms with E-state index >= 15 is 0 Å². The van der Waals surface area contributed by atoms with Gasteiger partial charge in [-0.3, -0.25) is 13.8 Å². The fourth-order valence-electron chi connectivity index (χ4n) is 11.8. The fraction of sp³-hybridized carbons (Fsp3) is 0.795. The van der Waals surface area contributed by atoms with Gasteiger partial charge in [-0.2, -0.15) is 0 Å². The molecule has 536 valence electrons. The first-order valence-corrected chi connectivity index (χ1v) is 41.1. The molecule has 3 N–H and O–H groups in total. The van der Waals surface area contributed by atoms with E-state index in [4.69, 9.17) is 9.05 Å². The van der Waals surface area contributed by atoms with Crippen molar-refractivity contribution in [1.82, 2.24) is 5.32 Å². The van der Waals surface area contributed by atoms with Crippen molar-refractivity contribution in [2.24, 2.45) is 0 Å². The molecule has 0 radical (unpaired) electrons. The van der Waals surface area contributed by atoms with E-state index < -0.39 is 20.0 Å². The van der Waals surface area contributed by atoms with Crippen LogP contribution in [0.25, 0.3) is 0 Å². The molecule has 3 atom stereocenters. The molecule has 0 rings (SSSR count). The number of amides is 1. The smallest absolute Gasteiger partial charge is 0.391 e. The molecule has 0 aromatic heterocycles. The van der Waals surface area contributed by atoms with Crippen LogP contribution in [0.3, 0.4) is 0 Å². The predicted octanol–water partition coefficient (Wildman–Crippen LogP) is 26.0. The molecule has 0 heterocycles. The third-order valence-electron chi connectivity index (χ3n) is 17.8. The summed E-state index contributed by atoms with van der Waals surface area (Å²) in [6.45, 7) is 4.82. The van der Waals surface area contributed by atoms with Crippen molar-refractivity contribution < 1.29 is 32.9 Å². The highest BCUT2D eigenvalue weighted by Crippen LogP contribution is 2.43. The van der Waals surface area contributed by atoms with E-state index in [1.807, 2.05) is 21.1 Å². The molecule has 0 saturated carbocycles. The van der Waals surface area contributed by atoms with Gasteiger partial charge >= 0.3 is 7.82 Å². The lowest BCUT2D eigenvalue weighted by atomic mass is 10.0. The van der Waals surface area contributed by atoms with Gasteiger partial charge in [0.25, 0.3) is 0 Å². The second kappa shape index (κ2) is 72.7. The van der Waals surface area contributed by atoms with Crippen molar-refractivity contribution in [3.05, 3.63) is 97.2 Å². The summed E-state index contributed by atoms with van der Waals surface area (Å²) in [7, 11) is 1.62. The summed E-state index contributed by atoms with van der Waals surface area (Å²) in [4.78, 5) is 23.5. The van der Waals surface area contributed by atoms with Gasteiger partial charge < -0.3 is 19.8 Å². The average molecular weight is 1310 g/mol. The molecule has 0 bridgehead atoms. The van der Waals surface area contributed by atoms with E-state index in [-0.39, 0.29) is 19.1 Å². The lowest BCUT2D eigenvalue weighted by Gasteiger charge is -2.26. The van der Waals surface area contributed by atoms with Crippen molar-refractivity contribution in [1.29, 1.82) is 0 Å². The molecule has 0 aliphatic heterocycles. The third-order valence-corrected chi connectivity index (χ3v) is 18.8. The Bertz CT molecular complexity index is 1830. The predicted molar refractivity (Wildman–Crippen MR) is 406 cm³/mol. The quantitative estimate of drug-likeness (QED) is 0.0243. The lowest BCUT2D eigenvalue weighted by molar-refractivity contribution is -0.870. The van der Waals surface area contributed by atoms with E-state index in [1.54, 1.807) is 0 Å². The van der Waals surface area contributed by atoms with Crippen molar-refractivity contribution in [3.63, 3.8) is 0 Å². The van der Waals surface area contributed by atoms with E-state index in [0.717, 1.165) is 89.9 Å². The first kappa shape index (κ1) is 89.4. The number of hydrogen-bond acceptors (Lipinski definition) is 5. The Kier molecular flexibility index (Phi) is 70.6. The van der Waals surface area contributed by atoms with Crippen LogP contribution in [0, 0.1) is 0 Å². The molecule has 0 saturated heterocycles. The van der Waals surface area contributed by atoms with Crippen LogP contribution in [0.2, 0.25) is 0 Å². The Labute approximate surface area is 572 Å². The highest BCUT2D eigenvalue weighted by Gasteiger charge is 2.28. The minimum Gasteiger partial charge on any atom is -0.391 e. The minimum atomic E-state index is -4.34. The topological polar surface area (TPSA) is 105 Å². The summed E-state index contributed by atoms with van der Waals surface area (Å²) >= 11 is 0. The SMILES string of the molecule is CC/C=C\C/C=C\C/C=C\C/C=C\C/C=C\C/C=C\C/C=C\C/C=C\CCCCCCCCCCCCCCCCC(=O)NC(COP(=O)(O)OCC[N+](C)(C)C)C(O)CCCCCCCCCCCCCCCCCCCCCCCCCCCCCCCCC. The van der Waals surface area contributed by atoms with Gasteiger partial charge in [0.2, 0.25) is 5.91 Å². The molecule has 0 aromatic rings. The molecule has 0 aliphatic rings. The Hall–Kier alpha value is -2.58. The van der Waals surface area contributed by atoms with Crippen molar-refractivity contribution in [2.75, 3.05) is 40.9 Å². The number of rotatable bonds is 73. The fourth-order valence-corrected chi connectivity index (χ4v) is 12.5. The number of aliphatic hydroxyl groups excluding tert-OH is 1. The second-order valence-corrected chi connectivity index (χ2v) is 29.5. The normalized spacial score (nSPS) is 14.0. The Morgan fingerprint density at radius 2 is 0.652 bits per heavy atom. The molecule has 0 aromatic carbocycles. The zero-order chi connectivity index (χ0) is 66.9. The van der Waals surface area contributed by atoms with E-state index in [9.17, 15) is 19.4 Å². The molecule has 3 unspecified atom stereocenters. The van der Waals surface area contributed by atoms with Crippen LogP contribution in [0.4, 0.5) is 0 Å². The van der Waals surface area contributed by atoms with Gasteiger partial charge in [-0.1, -0.05) is 387 Å². The molecule has 8 nitrogen and oxygen atoms in total. The monoisotopic (exact) mass is 1310 g/mol.